The summed E-state index contributed by atoms with van der Waals surface area (Å²) in [5, 5.41) is 3.40. The zero-order valence-corrected chi connectivity index (χ0v) is 12.8. The van der Waals surface area contributed by atoms with Crippen molar-refractivity contribution in [3.8, 4) is 0 Å². The number of halogens is 2. The summed E-state index contributed by atoms with van der Waals surface area (Å²) in [5.41, 5.74) is 0.479. The Bertz CT molecular complexity index is 548. The lowest BCUT2D eigenvalue weighted by molar-refractivity contribution is -0.132. The Balaban J connectivity index is 2.37. The van der Waals surface area contributed by atoms with E-state index in [-0.39, 0.29) is 24.3 Å². The molecule has 2 amide bonds. The summed E-state index contributed by atoms with van der Waals surface area (Å²) in [6.45, 7) is 3.88. The number of nitrogens with zero attached hydrogens (tertiary/aromatic N) is 1. The minimum atomic E-state index is -0.517. The van der Waals surface area contributed by atoms with E-state index >= 15 is 0 Å². The number of carbonyl (C=O) groups excluding carboxylic acids is 2. The van der Waals surface area contributed by atoms with Gasteiger partial charge in [-0.05, 0) is 18.1 Å². The van der Waals surface area contributed by atoms with Crippen molar-refractivity contribution in [2.45, 2.75) is 26.3 Å². The number of nitrogens with one attached hydrogen (secondary N) is 1. The van der Waals surface area contributed by atoms with E-state index in [9.17, 15) is 9.59 Å². The van der Waals surface area contributed by atoms with Crippen LogP contribution in [0.25, 0.3) is 0 Å². The molecule has 1 heterocycles. The normalized spacial score (nSPS) is 20.8. The molecule has 6 heteroatoms. The first-order valence-electron chi connectivity index (χ1n) is 6.50. The van der Waals surface area contributed by atoms with Gasteiger partial charge in [-0.2, -0.15) is 0 Å². The summed E-state index contributed by atoms with van der Waals surface area (Å²) >= 11 is 12.1. The minimum Gasteiger partial charge on any atom is -0.342 e. The summed E-state index contributed by atoms with van der Waals surface area (Å²) < 4.78 is 0. The van der Waals surface area contributed by atoms with Gasteiger partial charge in [-0.3, -0.25) is 14.5 Å². The number of piperazine rings is 1. The van der Waals surface area contributed by atoms with Crippen molar-refractivity contribution in [3.63, 3.8) is 0 Å². The lowest BCUT2D eigenvalue weighted by atomic mass is 9.96. The van der Waals surface area contributed by atoms with E-state index in [2.05, 4.69) is 5.32 Å². The van der Waals surface area contributed by atoms with Gasteiger partial charge in [0.25, 0.3) is 0 Å². The van der Waals surface area contributed by atoms with Crippen LogP contribution in [0.5, 0.6) is 0 Å². The van der Waals surface area contributed by atoms with Crippen molar-refractivity contribution >= 4 is 40.7 Å². The Labute approximate surface area is 128 Å². The van der Waals surface area contributed by atoms with E-state index in [1.807, 2.05) is 13.8 Å². The zero-order chi connectivity index (χ0) is 14.9. The van der Waals surface area contributed by atoms with Crippen molar-refractivity contribution in [2.24, 2.45) is 5.92 Å². The number of carbonyl (C=O) groups is 2. The molecule has 1 N–H and O–H groups in total. The second-order valence-electron chi connectivity index (χ2n) is 4.93. The Morgan fingerprint density at radius 1 is 1.40 bits per heavy atom. The van der Waals surface area contributed by atoms with Gasteiger partial charge in [0.15, 0.2) is 0 Å². The number of rotatable bonds is 3. The fourth-order valence-electron chi connectivity index (χ4n) is 2.20. The van der Waals surface area contributed by atoms with E-state index in [4.69, 9.17) is 23.2 Å². The number of hydrogen-bond donors (Lipinski definition) is 1. The van der Waals surface area contributed by atoms with Crippen LogP contribution in [0.3, 0.4) is 0 Å². The summed E-state index contributed by atoms with van der Waals surface area (Å²) in [7, 11) is 0. The SMILES string of the molecule is CCC(C)C1NC(=O)CN(c2cccc(Cl)c2Cl)C1=O. The zero-order valence-electron chi connectivity index (χ0n) is 11.3. The Morgan fingerprint density at radius 2 is 2.10 bits per heavy atom. The number of anilines is 1. The van der Waals surface area contributed by atoms with Crippen molar-refractivity contribution in [2.75, 3.05) is 11.4 Å². The first-order valence-corrected chi connectivity index (χ1v) is 7.26. The van der Waals surface area contributed by atoms with Crippen LogP contribution in [-0.2, 0) is 9.59 Å². The molecule has 4 nitrogen and oxygen atoms in total. The van der Waals surface area contributed by atoms with Crippen molar-refractivity contribution in [1.82, 2.24) is 5.32 Å². The van der Waals surface area contributed by atoms with Crippen molar-refractivity contribution < 1.29 is 9.59 Å². The number of benzene rings is 1. The quantitative estimate of drug-likeness (QED) is 0.932. The first-order chi connectivity index (χ1) is 9.45. The van der Waals surface area contributed by atoms with Gasteiger partial charge in [0.1, 0.15) is 12.6 Å². The summed E-state index contributed by atoms with van der Waals surface area (Å²) in [6, 6.07) is 4.53. The van der Waals surface area contributed by atoms with Gasteiger partial charge in [0, 0.05) is 0 Å². The fraction of sp³-hybridized carbons (Fsp3) is 0.429. The summed E-state index contributed by atoms with van der Waals surface area (Å²) in [4.78, 5) is 25.8. The highest BCUT2D eigenvalue weighted by atomic mass is 35.5. The average Bonchev–Trinajstić information content (AvgIpc) is 2.43. The summed E-state index contributed by atoms with van der Waals surface area (Å²) in [5.74, 6) is -0.277. The largest absolute Gasteiger partial charge is 0.342 e. The van der Waals surface area contributed by atoms with E-state index in [0.29, 0.717) is 15.7 Å². The first kappa shape index (κ1) is 15.1. The molecule has 1 aliphatic heterocycles. The van der Waals surface area contributed by atoms with Gasteiger partial charge < -0.3 is 5.32 Å². The maximum absolute atomic E-state index is 12.5. The van der Waals surface area contributed by atoms with E-state index in [0.717, 1.165) is 6.42 Å². The van der Waals surface area contributed by atoms with Gasteiger partial charge in [-0.15, -0.1) is 0 Å². The van der Waals surface area contributed by atoms with Crippen LogP contribution >= 0.6 is 23.2 Å². The predicted molar refractivity (Wildman–Crippen MR) is 80.2 cm³/mol. The smallest absolute Gasteiger partial charge is 0.250 e. The molecule has 2 atom stereocenters. The third-order valence-electron chi connectivity index (χ3n) is 3.59. The summed E-state index contributed by atoms with van der Waals surface area (Å²) in [6.07, 6.45) is 0.799. The van der Waals surface area contributed by atoms with Crippen molar-refractivity contribution in [3.05, 3.63) is 28.2 Å². The average molecular weight is 315 g/mol. The van der Waals surface area contributed by atoms with Gasteiger partial charge >= 0.3 is 0 Å². The second kappa shape index (κ2) is 6.02. The highest BCUT2D eigenvalue weighted by Crippen LogP contribution is 2.33. The maximum atomic E-state index is 12.5. The molecule has 0 aliphatic carbocycles. The molecule has 0 spiro atoms. The highest BCUT2D eigenvalue weighted by Gasteiger charge is 2.37. The van der Waals surface area contributed by atoms with E-state index < -0.39 is 6.04 Å². The second-order valence-corrected chi connectivity index (χ2v) is 5.71. The molecular formula is C14H16Cl2N2O2. The lowest BCUT2D eigenvalue weighted by Crippen LogP contribution is -2.60. The molecule has 1 fully saturated rings. The molecule has 108 valence electrons. The number of hydrogen-bond acceptors (Lipinski definition) is 2. The standard InChI is InChI=1S/C14H16Cl2N2O2/c1-3-8(2)13-14(20)18(7-11(19)17-13)10-6-4-5-9(15)12(10)16/h4-6,8,13H,3,7H2,1-2H3,(H,17,19). The maximum Gasteiger partial charge on any atom is 0.250 e. The van der Waals surface area contributed by atoms with Gasteiger partial charge in [-0.25, -0.2) is 0 Å². The molecule has 1 saturated heterocycles. The monoisotopic (exact) mass is 314 g/mol. The van der Waals surface area contributed by atoms with Gasteiger partial charge in [0.2, 0.25) is 11.8 Å². The van der Waals surface area contributed by atoms with E-state index in [1.165, 1.54) is 4.90 Å². The Morgan fingerprint density at radius 3 is 2.75 bits per heavy atom. The van der Waals surface area contributed by atoms with Crippen LogP contribution in [0.2, 0.25) is 10.0 Å². The molecule has 0 aromatic heterocycles. The Kier molecular flexibility index (Phi) is 4.55. The van der Waals surface area contributed by atoms with Crippen LogP contribution in [0.15, 0.2) is 18.2 Å². The minimum absolute atomic E-state index is 0.0359. The van der Waals surface area contributed by atoms with Crippen molar-refractivity contribution in [1.29, 1.82) is 0 Å². The lowest BCUT2D eigenvalue weighted by Gasteiger charge is -2.35. The van der Waals surface area contributed by atoms with Gasteiger partial charge in [0.05, 0.1) is 15.7 Å². The van der Waals surface area contributed by atoms with Crippen LogP contribution in [-0.4, -0.2) is 24.4 Å². The van der Waals surface area contributed by atoms with Crippen LogP contribution in [0.1, 0.15) is 20.3 Å². The highest BCUT2D eigenvalue weighted by molar-refractivity contribution is 6.44. The molecule has 0 radical (unpaired) electrons. The molecule has 0 bridgehead atoms. The molecular weight excluding hydrogens is 299 g/mol. The van der Waals surface area contributed by atoms with Crippen LogP contribution in [0, 0.1) is 5.92 Å². The number of amides is 2. The molecule has 20 heavy (non-hydrogen) atoms. The molecule has 1 aromatic carbocycles. The molecule has 1 aromatic rings. The molecule has 2 unspecified atom stereocenters. The van der Waals surface area contributed by atoms with Gasteiger partial charge in [-0.1, -0.05) is 49.5 Å². The molecule has 1 aliphatic rings. The topological polar surface area (TPSA) is 49.4 Å². The third kappa shape index (κ3) is 2.76. The van der Waals surface area contributed by atoms with E-state index in [1.54, 1.807) is 18.2 Å². The molecule has 2 rings (SSSR count). The predicted octanol–water partition coefficient (Wildman–Crippen LogP) is 2.87. The van der Waals surface area contributed by atoms with Crippen LogP contribution < -0.4 is 10.2 Å². The van der Waals surface area contributed by atoms with Crippen LogP contribution in [0.4, 0.5) is 5.69 Å². The fourth-order valence-corrected chi connectivity index (χ4v) is 2.59. The Hall–Kier alpha value is -1.26. The molecule has 0 saturated carbocycles. The third-order valence-corrected chi connectivity index (χ3v) is 4.39.